The molecule has 0 atom stereocenters. The summed E-state index contributed by atoms with van der Waals surface area (Å²) in [4.78, 5) is 4.15. The van der Waals surface area contributed by atoms with Crippen LogP contribution in [0.25, 0.3) is 0 Å². The van der Waals surface area contributed by atoms with Gasteiger partial charge in [-0.05, 0) is 24.6 Å². The summed E-state index contributed by atoms with van der Waals surface area (Å²) in [6.45, 7) is 3.71. The van der Waals surface area contributed by atoms with Gasteiger partial charge in [0.05, 0.1) is 40.9 Å². The van der Waals surface area contributed by atoms with Crippen LogP contribution < -0.4 is 5.32 Å². The molecular weight excluding hydrogens is 260 g/mol. The van der Waals surface area contributed by atoms with Gasteiger partial charge in [-0.3, -0.25) is 0 Å². The van der Waals surface area contributed by atoms with Gasteiger partial charge < -0.3 is 9.88 Å². The van der Waals surface area contributed by atoms with E-state index in [2.05, 4.69) is 27.9 Å². The zero-order valence-electron chi connectivity index (χ0n) is 10.7. The number of hydrogen-bond acceptors (Lipinski definition) is 3. The molecule has 0 unspecified atom stereocenters. The van der Waals surface area contributed by atoms with E-state index in [-0.39, 0.29) is 0 Å². The Bertz CT molecular complexity index is 598. The molecule has 0 saturated heterocycles. The van der Waals surface area contributed by atoms with E-state index in [9.17, 15) is 0 Å². The first-order chi connectivity index (χ1) is 9.24. The standard InChI is InChI=1S/C14H15ClN4/c1-2-5-19-10-17-8-12(19)9-18-14-6-11(7-16)3-4-13(14)15/h3-4,6,8,10,18H,2,5,9H2,1H3. The molecule has 0 amide bonds. The predicted octanol–water partition coefficient (Wildman–Crippen LogP) is 3.43. The van der Waals surface area contributed by atoms with Gasteiger partial charge in [0.25, 0.3) is 0 Å². The molecule has 0 fully saturated rings. The van der Waals surface area contributed by atoms with Crippen LogP contribution in [-0.4, -0.2) is 9.55 Å². The highest BCUT2D eigenvalue weighted by Gasteiger charge is 2.04. The van der Waals surface area contributed by atoms with E-state index in [1.807, 2.05) is 12.5 Å². The number of nitrogens with zero attached hydrogens (tertiary/aromatic N) is 3. The molecule has 0 aliphatic heterocycles. The largest absolute Gasteiger partial charge is 0.378 e. The summed E-state index contributed by atoms with van der Waals surface area (Å²) >= 11 is 6.10. The van der Waals surface area contributed by atoms with Crippen molar-refractivity contribution >= 4 is 17.3 Å². The van der Waals surface area contributed by atoms with Crippen molar-refractivity contribution in [2.24, 2.45) is 0 Å². The average Bonchev–Trinajstić information content (AvgIpc) is 2.86. The van der Waals surface area contributed by atoms with Crippen LogP contribution >= 0.6 is 11.6 Å². The maximum Gasteiger partial charge on any atom is 0.0992 e. The zero-order valence-corrected chi connectivity index (χ0v) is 11.5. The first kappa shape index (κ1) is 13.4. The number of aryl methyl sites for hydroxylation is 1. The van der Waals surface area contributed by atoms with Crippen molar-refractivity contribution in [3.8, 4) is 6.07 Å². The van der Waals surface area contributed by atoms with Gasteiger partial charge in [-0.2, -0.15) is 5.26 Å². The number of benzene rings is 1. The summed E-state index contributed by atoms with van der Waals surface area (Å²) in [5.74, 6) is 0. The quantitative estimate of drug-likeness (QED) is 0.909. The average molecular weight is 275 g/mol. The SMILES string of the molecule is CCCn1cncc1CNc1cc(C#N)ccc1Cl. The van der Waals surface area contributed by atoms with Gasteiger partial charge in [-0.1, -0.05) is 18.5 Å². The normalized spacial score (nSPS) is 10.2. The fraction of sp³-hybridized carbons (Fsp3) is 0.286. The van der Waals surface area contributed by atoms with Crippen LogP contribution in [0.15, 0.2) is 30.7 Å². The molecule has 2 aromatic rings. The van der Waals surface area contributed by atoms with Crippen LogP contribution in [0.1, 0.15) is 24.6 Å². The first-order valence-corrected chi connectivity index (χ1v) is 6.55. The van der Waals surface area contributed by atoms with Gasteiger partial charge in [0.1, 0.15) is 0 Å². The monoisotopic (exact) mass is 274 g/mol. The van der Waals surface area contributed by atoms with E-state index in [1.54, 1.807) is 18.2 Å². The van der Waals surface area contributed by atoms with Gasteiger partial charge in [0, 0.05) is 12.7 Å². The molecule has 0 aliphatic rings. The topological polar surface area (TPSA) is 53.6 Å². The minimum Gasteiger partial charge on any atom is -0.378 e. The Morgan fingerprint density at radius 2 is 2.32 bits per heavy atom. The molecule has 1 aromatic carbocycles. The van der Waals surface area contributed by atoms with Gasteiger partial charge in [-0.15, -0.1) is 0 Å². The number of aromatic nitrogens is 2. The summed E-state index contributed by atoms with van der Waals surface area (Å²) in [6.07, 6.45) is 4.73. The van der Waals surface area contributed by atoms with Gasteiger partial charge in [0.2, 0.25) is 0 Å². The Hall–Kier alpha value is -1.99. The number of nitriles is 1. The van der Waals surface area contributed by atoms with Crippen LogP contribution in [0.4, 0.5) is 5.69 Å². The summed E-state index contributed by atoms with van der Waals surface area (Å²) in [5.41, 5.74) is 2.46. The lowest BCUT2D eigenvalue weighted by Crippen LogP contribution is -2.07. The molecule has 0 saturated carbocycles. The van der Waals surface area contributed by atoms with Crippen LogP contribution in [0.2, 0.25) is 5.02 Å². The van der Waals surface area contributed by atoms with Crippen molar-refractivity contribution < 1.29 is 0 Å². The molecule has 1 N–H and O–H groups in total. The molecular formula is C14H15ClN4. The molecule has 98 valence electrons. The molecule has 4 nitrogen and oxygen atoms in total. The third-order valence-electron chi connectivity index (χ3n) is 2.82. The van der Waals surface area contributed by atoms with Crippen molar-refractivity contribution in [1.29, 1.82) is 5.26 Å². The van der Waals surface area contributed by atoms with E-state index < -0.39 is 0 Å². The van der Waals surface area contributed by atoms with Crippen molar-refractivity contribution in [3.63, 3.8) is 0 Å². The Morgan fingerprint density at radius 3 is 3.05 bits per heavy atom. The summed E-state index contributed by atoms with van der Waals surface area (Å²) < 4.78 is 2.11. The minimum atomic E-state index is 0.592. The number of halogens is 1. The fourth-order valence-electron chi connectivity index (χ4n) is 1.85. The third-order valence-corrected chi connectivity index (χ3v) is 3.15. The summed E-state index contributed by atoms with van der Waals surface area (Å²) in [7, 11) is 0. The van der Waals surface area contributed by atoms with Crippen LogP contribution in [0, 0.1) is 11.3 Å². The molecule has 2 rings (SSSR count). The summed E-state index contributed by atoms with van der Waals surface area (Å²) in [6, 6.07) is 7.29. The highest BCUT2D eigenvalue weighted by molar-refractivity contribution is 6.33. The molecule has 0 bridgehead atoms. The number of hydrogen-bond donors (Lipinski definition) is 1. The van der Waals surface area contributed by atoms with E-state index in [4.69, 9.17) is 16.9 Å². The maximum absolute atomic E-state index is 8.88. The van der Waals surface area contributed by atoms with Gasteiger partial charge in [-0.25, -0.2) is 4.98 Å². The highest BCUT2D eigenvalue weighted by atomic mass is 35.5. The molecule has 5 heteroatoms. The second-order valence-corrected chi connectivity index (χ2v) is 4.65. The molecule has 19 heavy (non-hydrogen) atoms. The fourth-order valence-corrected chi connectivity index (χ4v) is 2.04. The van der Waals surface area contributed by atoms with Crippen molar-refractivity contribution in [1.82, 2.24) is 9.55 Å². The van der Waals surface area contributed by atoms with Crippen molar-refractivity contribution in [2.45, 2.75) is 26.4 Å². The second kappa shape index (κ2) is 6.26. The molecule has 1 heterocycles. The Balaban J connectivity index is 2.10. The maximum atomic E-state index is 8.88. The Morgan fingerprint density at radius 1 is 1.47 bits per heavy atom. The van der Waals surface area contributed by atoms with E-state index >= 15 is 0 Å². The number of rotatable bonds is 5. The Labute approximate surface area is 117 Å². The lowest BCUT2D eigenvalue weighted by atomic mass is 10.2. The van der Waals surface area contributed by atoms with Gasteiger partial charge >= 0.3 is 0 Å². The van der Waals surface area contributed by atoms with Gasteiger partial charge in [0.15, 0.2) is 0 Å². The van der Waals surface area contributed by atoms with Crippen LogP contribution in [0.3, 0.4) is 0 Å². The highest BCUT2D eigenvalue weighted by Crippen LogP contribution is 2.23. The van der Waals surface area contributed by atoms with Crippen molar-refractivity contribution in [2.75, 3.05) is 5.32 Å². The van der Waals surface area contributed by atoms with Crippen molar-refractivity contribution in [3.05, 3.63) is 47.0 Å². The molecule has 0 spiro atoms. The van der Waals surface area contributed by atoms with E-state index in [1.165, 1.54) is 0 Å². The van der Waals surface area contributed by atoms with Crippen LogP contribution in [-0.2, 0) is 13.1 Å². The smallest absolute Gasteiger partial charge is 0.0992 e. The molecule has 0 aliphatic carbocycles. The predicted molar refractivity (Wildman–Crippen MR) is 76.0 cm³/mol. The second-order valence-electron chi connectivity index (χ2n) is 4.24. The third kappa shape index (κ3) is 3.27. The first-order valence-electron chi connectivity index (χ1n) is 6.17. The lowest BCUT2D eigenvalue weighted by Gasteiger charge is -2.10. The molecule has 1 aromatic heterocycles. The zero-order chi connectivity index (χ0) is 13.7. The van der Waals surface area contributed by atoms with E-state index in [0.717, 1.165) is 24.3 Å². The van der Waals surface area contributed by atoms with Crippen LogP contribution in [0.5, 0.6) is 0 Å². The van der Waals surface area contributed by atoms with E-state index in [0.29, 0.717) is 17.1 Å². The lowest BCUT2D eigenvalue weighted by molar-refractivity contribution is 0.651. The number of anilines is 1. The number of nitrogens with one attached hydrogen (secondary N) is 1. The minimum absolute atomic E-state index is 0.592. The molecule has 0 radical (unpaired) electrons. The summed E-state index contributed by atoms with van der Waals surface area (Å²) in [5, 5.41) is 12.7. The Kier molecular flexibility index (Phi) is 4.43. The number of imidazole rings is 1.